The van der Waals surface area contributed by atoms with Crippen LogP contribution in [0.5, 0.6) is 0 Å². The summed E-state index contributed by atoms with van der Waals surface area (Å²) in [6.45, 7) is 0. The molecule has 0 aromatic carbocycles. The van der Waals surface area contributed by atoms with Crippen molar-refractivity contribution in [2.45, 2.75) is 36.1 Å². The molecule has 0 bridgehead atoms. The molecule has 1 aromatic heterocycles. The lowest BCUT2D eigenvalue weighted by molar-refractivity contribution is 0.876. The minimum Gasteiger partial charge on any atom is -0.368 e. The number of aromatic nitrogens is 3. The second-order valence-electron chi connectivity index (χ2n) is 3.36. The highest BCUT2D eigenvalue weighted by Gasteiger charge is 2.17. The topological polar surface area (TPSA) is 90.7 Å². The van der Waals surface area contributed by atoms with Gasteiger partial charge in [0, 0.05) is 5.25 Å². The van der Waals surface area contributed by atoms with E-state index in [2.05, 4.69) is 15.0 Å². The van der Waals surface area contributed by atoms with Gasteiger partial charge in [-0.15, -0.1) is 0 Å². The second kappa shape index (κ2) is 4.00. The molecule has 5 nitrogen and oxygen atoms in total. The maximum absolute atomic E-state index is 5.48. The van der Waals surface area contributed by atoms with E-state index in [9.17, 15) is 0 Å². The standard InChI is InChI=1S/C8H13N5S/c9-6-11-7(10)13-8(12-6)14-5-3-1-2-4-5/h5H,1-4H2,(H4,9,10,11,12,13). The van der Waals surface area contributed by atoms with Crippen LogP contribution in [0.25, 0.3) is 0 Å². The van der Waals surface area contributed by atoms with Crippen LogP contribution in [-0.2, 0) is 0 Å². The third-order valence-electron chi connectivity index (χ3n) is 2.22. The van der Waals surface area contributed by atoms with Crippen LogP contribution in [0.1, 0.15) is 25.7 Å². The molecule has 4 N–H and O–H groups in total. The van der Waals surface area contributed by atoms with Crippen molar-refractivity contribution >= 4 is 23.7 Å². The van der Waals surface area contributed by atoms with E-state index in [0.717, 1.165) is 0 Å². The molecule has 2 rings (SSSR count). The van der Waals surface area contributed by atoms with E-state index in [-0.39, 0.29) is 11.9 Å². The van der Waals surface area contributed by atoms with E-state index < -0.39 is 0 Å². The second-order valence-corrected chi connectivity index (χ2v) is 4.63. The average Bonchev–Trinajstić information content (AvgIpc) is 2.54. The van der Waals surface area contributed by atoms with E-state index >= 15 is 0 Å². The number of nitrogens with zero attached hydrogens (tertiary/aromatic N) is 3. The first-order chi connectivity index (χ1) is 6.74. The Morgan fingerprint density at radius 3 is 2.14 bits per heavy atom. The third kappa shape index (κ3) is 2.25. The predicted octanol–water partition coefficient (Wildman–Crippen LogP) is 1.07. The van der Waals surface area contributed by atoms with Gasteiger partial charge in [0.25, 0.3) is 0 Å². The molecule has 0 unspecified atom stereocenters. The first-order valence-corrected chi connectivity index (χ1v) is 5.55. The van der Waals surface area contributed by atoms with Crippen LogP contribution < -0.4 is 11.5 Å². The Morgan fingerprint density at radius 1 is 1.00 bits per heavy atom. The SMILES string of the molecule is Nc1nc(N)nc(SC2CCCC2)n1. The summed E-state index contributed by atoms with van der Waals surface area (Å²) in [7, 11) is 0. The fourth-order valence-corrected chi connectivity index (χ4v) is 2.76. The normalized spacial score (nSPS) is 17.4. The number of nitrogens with two attached hydrogens (primary N) is 2. The van der Waals surface area contributed by atoms with Gasteiger partial charge < -0.3 is 11.5 Å². The maximum atomic E-state index is 5.48. The van der Waals surface area contributed by atoms with Crippen molar-refractivity contribution < 1.29 is 0 Å². The van der Waals surface area contributed by atoms with Crippen molar-refractivity contribution in [2.75, 3.05) is 11.5 Å². The minimum atomic E-state index is 0.206. The van der Waals surface area contributed by atoms with Gasteiger partial charge in [-0.3, -0.25) is 0 Å². The molecule has 0 atom stereocenters. The molecule has 1 aromatic rings. The number of anilines is 2. The number of hydrogen-bond donors (Lipinski definition) is 2. The Labute approximate surface area is 86.7 Å². The van der Waals surface area contributed by atoms with Gasteiger partial charge >= 0.3 is 0 Å². The van der Waals surface area contributed by atoms with Gasteiger partial charge in [0.1, 0.15) is 0 Å². The molecule has 0 radical (unpaired) electrons. The molecule has 1 heterocycles. The zero-order valence-electron chi connectivity index (χ0n) is 7.81. The molecule has 14 heavy (non-hydrogen) atoms. The molecular weight excluding hydrogens is 198 g/mol. The van der Waals surface area contributed by atoms with Crippen LogP contribution in [0.4, 0.5) is 11.9 Å². The number of nitrogen functional groups attached to an aromatic ring is 2. The highest BCUT2D eigenvalue weighted by atomic mass is 32.2. The van der Waals surface area contributed by atoms with Crippen LogP contribution >= 0.6 is 11.8 Å². The zero-order valence-corrected chi connectivity index (χ0v) is 8.63. The Hall–Kier alpha value is -1.04. The van der Waals surface area contributed by atoms with Gasteiger partial charge in [0.05, 0.1) is 0 Å². The Balaban J connectivity index is 2.07. The van der Waals surface area contributed by atoms with E-state index in [1.54, 1.807) is 11.8 Å². The number of rotatable bonds is 2. The van der Waals surface area contributed by atoms with Gasteiger partial charge in [0.2, 0.25) is 11.9 Å². The average molecular weight is 211 g/mol. The highest BCUT2D eigenvalue weighted by Crippen LogP contribution is 2.33. The fourth-order valence-electron chi connectivity index (χ4n) is 1.60. The summed E-state index contributed by atoms with van der Waals surface area (Å²) in [6.07, 6.45) is 5.06. The molecule has 0 saturated heterocycles. The number of hydrogen-bond acceptors (Lipinski definition) is 6. The first-order valence-electron chi connectivity index (χ1n) is 4.68. The molecule has 1 aliphatic rings. The molecule has 1 aliphatic carbocycles. The van der Waals surface area contributed by atoms with Gasteiger partial charge in [-0.2, -0.15) is 15.0 Å². The van der Waals surface area contributed by atoms with Gasteiger partial charge in [-0.1, -0.05) is 24.6 Å². The van der Waals surface area contributed by atoms with E-state index in [0.29, 0.717) is 10.4 Å². The van der Waals surface area contributed by atoms with E-state index in [1.165, 1.54) is 25.7 Å². The molecule has 0 amide bonds. The van der Waals surface area contributed by atoms with Crippen molar-refractivity contribution in [2.24, 2.45) is 0 Å². The zero-order chi connectivity index (χ0) is 9.97. The van der Waals surface area contributed by atoms with E-state index in [1.807, 2.05) is 0 Å². The lowest BCUT2D eigenvalue weighted by Gasteiger charge is -2.06. The summed E-state index contributed by atoms with van der Waals surface area (Å²) >= 11 is 1.66. The monoisotopic (exact) mass is 211 g/mol. The summed E-state index contributed by atoms with van der Waals surface area (Å²) in [5, 5.41) is 1.28. The molecule has 6 heteroatoms. The molecule has 0 spiro atoms. The molecular formula is C8H13N5S. The summed E-state index contributed by atoms with van der Waals surface area (Å²) in [6, 6.07) is 0. The van der Waals surface area contributed by atoms with Crippen molar-refractivity contribution in [3.63, 3.8) is 0 Å². The van der Waals surface area contributed by atoms with E-state index in [4.69, 9.17) is 11.5 Å². The van der Waals surface area contributed by atoms with Crippen molar-refractivity contribution in [1.82, 2.24) is 15.0 Å². The lowest BCUT2D eigenvalue weighted by atomic mass is 10.4. The highest BCUT2D eigenvalue weighted by molar-refractivity contribution is 7.99. The molecule has 1 fully saturated rings. The van der Waals surface area contributed by atoms with Crippen molar-refractivity contribution in [1.29, 1.82) is 0 Å². The van der Waals surface area contributed by atoms with Crippen molar-refractivity contribution in [3.05, 3.63) is 0 Å². The van der Waals surface area contributed by atoms with Gasteiger partial charge in [0.15, 0.2) is 5.16 Å². The predicted molar refractivity (Wildman–Crippen MR) is 56.8 cm³/mol. The number of thioether (sulfide) groups is 1. The van der Waals surface area contributed by atoms with Crippen LogP contribution in [0.3, 0.4) is 0 Å². The summed E-state index contributed by atoms with van der Waals surface area (Å²) in [5.41, 5.74) is 11.0. The van der Waals surface area contributed by atoms with Gasteiger partial charge in [-0.05, 0) is 12.8 Å². The lowest BCUT2D eigenvalue weighted by Crippen LogP contribution is -2.05. The van der Waals surface area contributed by atoms with Crippen LogP contribution in [0.15, 0.2) is 5.16 Å². The summed E-state index contributed by atoms with van der Waals surface area (Å²) < 4.78 is 0. The Morgan fingerprint density at radius 2 is 1.57 bits per heavy atom. The van der Waals surface area contributed by atoms with Crippen LogP contribution in [0, 0.1) is 0 Å². The summed E-state index contributed by atoms with van der Waals surface area (Å²) in [5.74, 6) is 0.413. The first kappa shape index (κ1) is 9.51. The van der Waals surface area contributed by atoms with Gasteiger partial charge in [-0.25, -0.2) is 0 Å². The fraction of sp³-hybridized carbons (Fsp3) is 0.625. The molecule has 1 saturated carbocycles. The summed E-state index contributed by atoms with van der Waals surface area (Å²) in [4.78, 5) is 11.8. The largest absolute Gasteiger partial charge is 0.368 e. The Bertz CT molecular complexity index is 303. The smallest absolute Gasteiger partial charge is 0.225 e. The maximum Gasteiger partial charge on any atom is 0.225 e. The van der Waals surface area contributed by atoms with Crippen molar-refractivity contribution in [3.8, 4) is 0 Å². The minimum absolute atomic E-state index is 0.206. The quantitative estimate of drug-likeness (QED) is 0.760. The van der Waals surface area contributed by atoms with Crippen LogP contribution in [-0.4, -0.2) is 20.2 Å². The molecule has 0 aliphatic heterocycles. The Kier molecular flexibility index (Phi) is 2.72. The van der Waals surface area contributed by atoms with Crippen LogP contribution in [0.2, 0.25) is 0 Å². The molecule has 76 valence electrons. The third-order valence-corrected chi connectivity index (χ3v) is 3.42.